The molecule has 1 heteroatoms. The van der Waals surface area contributed by atoms with E-state index >= 15 is 0 Å². The Morgan fingerprint density at radius 2 is 2.25 bits per heavy atom. The Balaban J connectivity index is 1.95. The van der Waals surface area contributed by atoms with Crippen LogP contribution in [0, 0.1) is 5.92 Å². The van der Waals surface area contributed by atoms with Gasteiger partial charge in [0.05, 0.1) is 6.10 Å². The number of hydrogen-bond acceptors (Lipinski definition) is 1. The van der Waals surface area contributed by atoms with Gasteiger partial charge in [-0.3, -0.25) is 0 Å². The lowest BCUT2D eigenvalue weighted by Crippen LogP contribution is -2.05. The van der Waals surface area contributed by atoms with Gasteiger partial charge in [0, 0.05) is 5.92 Å². The first-order valence-electron chi connectivity index (χ1n) is 4.51. The van der Waals surface area contributed by atoms with Crippen LogP contribution in [0.4, 0.5) is 0 Å². The molecule has 0 saturated carbocycles. The van der Waals surface area contributed by atoms with Crippen LogP contribution in [0.1, 0.15) is 12.8 Å². The fraction of sp³-hybridized carbons (Fsp3) is 0.455. The molecule has 0 spiro atoms. The zero-order chi connectivity index (χ0) is 8.39. The summed E-state index contributed by atoms with van der Waals surface area (Å²) in [5, 5.41) is 0. The Hall–Kier alpha value is -0.820. The molecular formula is C11H14O. The van der Waals surface area contributed by atoms with Crippen molar-refractivity contribution in [3.63, 3.8) is 0 Å². The van der Waals surface area contributed by atoms with E-state index in [1.165, 1.54) is 0 Å². The fourth-order valence-electron chi connectivity index (χ4n) is 1.67. The molecule has 0 radical (unpaired) electrons. The van der Waals surface area contributed by atoms with Gasteiger partial charge in [-0.25, -0.2) is 0 Å². The number of epoxide rings is 1. The van der Waals surface area contributed by atoms with Crippen LogP contribution in [-0.2, 0) is 4.74 Å². The minimum Gasteiger partial charge on any atom is -0.365 e. The average molecular weight is 162 g/mol. The summed E-state index contributed by atoms with van der Waals surface area (Å²) in [7, 11) is 0. The molecule has 1 aliphatic heterocycles. The highest BCUT2D eigenvalue weighted by Crippen LogP contribution is 2.34. The summed E-state index contributed by atoms with van der Waals surface area (Å²) < 4.78 is 5.46. The molecule has 1 fully saturated rings. The van der Waals surface area contributed by atoms with Crippen molar-refractivity contribution in [2.45, 2.75) is 25.0 Å². The Morgan fingerprint density at radius 1 is 1.33 bits per heavy atom. The molecule has 0 bridgehead atoms. The Bertz CT molecular complexity index is 227. The van der Waals surface area contributed by atoms with E-state index in [1.54, 1.807) is 0 Å². The van der Waals surface area contributed by atoms with Gasteiger partial charge in [0.15, 0.2) is 0 Å². The maximum atomic E-state index is 5.46. The third-order valence-corrected chi connectivity index (χ3v) is 2.45. The summed E-state index contributed by atoms with van der Waals surface area (Å²) in [6.07, 6.45) is 13.7. The number of ether oxygens (including phenoxy) is 1. The maximum absolute atomic E-state index is 5.46. The van der Waals surface area contributed by atoms with Crippen LogP contribution in [0.2, 0.25) is 0 Å². The average Bonchev–Trinajstić information content (AvgIpc) is 2.89. The first kappa shape index (κ1) is 7.81. The van der Waals surface area contributed by atoms with Gasteiger partial charge >= 0.3 is 0 Å². The van der Waals surface area contributed by atoms with Crippen LogP contribution in [0.15, 0.2) is 37.0 Å². The van der Waals surface area contributed by atoms with Crippen molar-refractivity contribution in [1.29, 1.82) is 0 Å². The Kier molecular flexibility index (Phi) is 2.13. The largest absolute Gasteiger partial charge is 0.365 e. The van der Waals surface area contributed by atoms with Gasteiger partial charge in [0.1, 0.15) is 6.10 Å². The monoisotopic (exact) mass is 162 g/mol. The maximum Gasteiger partial charge on any atom is 0.103 e. The molecule has 0 aromatic carbocycles. The lowest BCUT2D eigenvalue weighted by Gasteiger charge is -2.03. The summed E-state index contributed by atoms with van der Waals surface area (Å²) in [4.78, 5) is 0. The van der Waals surface area contributed by atoms with E-state index in [1.807, 2.05) is 6.08 Å². The van der Waals surface area contributed by atoms with E-state index in [9.17, 15) is 0 Å². The summed E-state index contributed by atoms with van der Waals surface area (Å²) in [6, 6.07) is 0. The third kappa shape index (κ3) is 1.51. The highest BCUT2D eigenvalue weighted by Gasteiger charge is 2.40. The van der Waals surface area contributed by atoms with Gasteiger partial charge in [0.2, 0.25) is 0 Å². The molecule has 0 unspecified atom stereocenters. The molecule has 3 atom stereocenters. The summed E-state index contributed by atoms with van der Waals surface area (Å²) in [5.74, 6) is 0.576. The molecule has 64 valence electrons. The second kappa shape index (κ2) is 3.28. The van der Waals surface area contributed by atoms with E-state index in [2.05, 4.69) is 30.9 Å². The fourth-order valence-corrected chi connectivity index (χ4v) is 1.67. The van der Waals surface area contributed by atoms with E-state index in [4.69, 9.17) is 4.74 Å². The van der Waals surface area contributed by atoms with Crippen molar-refractivity contribution in [2.24, 2.45) is 5.92 Å². The molecule has 0 amide bonds. The minimum atomic E-state index is 0.311. The number of hydrogen-bond donors (Lipinski definition) is 0. The number of allylic oxidation sites excluding steroid dienone is 3. The minimum absolute atomic E-state index is 0.311. The second-order valence-corrected chi connectivity index (χ2v) is 3.34. The predicted octanol–water partition coefficient (Wildman–Crippen LogP) is 2.46. The molecule has 0 N–H and O–H groups in total. The van der Waals surface area contributed by atoms with Crippen LogP contribution < -0.4 is 0 Å². The zero-order valence-corrected chi connectivity index (χ0v) is 7.15. The summed E-state index contributed by atoms with van der Waals surface area (Å²) >= 11 is 0. The lowest BCUT2D eigenvalue weighted by molar-refractivity contribution is 0.350. The van der Waals surface area contributed by atoms with Crippen LogP contribution in [0.3, 0.4) is 0 Å². The van der Waals surface area contributed by atoms with E-state index < -0.39 is 0 Å². The van der Waals surface area contributed by atoms with Crippen LogP contribution >= 0.6 is 0 Å². The molecule has 2 rings (SSSR count). The van der Waals surface area contributed by atoms with Crippen LogP contribution in [0.25, 0.3) is 0 Å². The van der Waals surface area contributed by atoms with E-state index in [-0.39, 0.29) is 0 Å². The molecule has 12 heavy (non-hydrogen) atoms. The molecule has 2 aliphatic rings. The second-order valence-electron chi connectivity index (χ2n) is 3.34. The smallest absolute Gasteiger partial charge is 0.103 e. The SMILES string of the molecule is C=C[C@H]1O[C@H]1[C@@H]1C=CCC=CC1. The van der Waals surface area contributed by atoms with Crippen LogP contribution in [-0.4, -0.2) is 12.2 Å². The van der Waals surface area contributed by atoms with Gasteiger partial charge in [0.25, 0.3) is 0 Å². The van der Waals surface area contributed by atoms with Crippen molar-refractivity contribution in [3.8, 4) is 0 Å². The normalized spacial score (nSPS) is 39.2. The first-order chi connectivity index (χ1) is 5.92. The van der Waals surface area contributed by atoms with E-state index in [0.29, 0.717) is 18.1 Å². The standard InChI is InChI=1S/C11H14O/c1-2-10-11(12-10)9-7-5-3-4-6-8-9/h2-3,5-6,8-11H,1,4,7H2/t9-,10+,11-/m0/s1. The quantitative estimate of drug-likeness (QED) is 0.449. The van der Waals surface area contributed by atoms with E-state index in [0.717, 1.165) is 12.8 Å². The molecule has 0 aromatic rings. The first-order valence-corrected chi connectivity index (χ1v) is 4.51. The van der Waals surface area contributed by atoms with Crippen molar-refractivity contribution in [1.82, 2.24) is 0 Å². The zero-order valence-electron chi connectivity index (χ0n) is 7.15. The van der Waals surface area contributed by atoms with Gasteiger partial charge in [-0.2, -0.15) is 0 Å². The molecule has 1 saturated heterocycles. The van der Waals surface area contributed by atoms with Gasteiger partial charge in [-0.15, -0.1) is 6.58 Å². The van der Waals surface area contributed by atoms with Gasteiger partial charge in [-0.05, 0) is 12.8 Å². The summed E-state index contributed by atoms with van der Waals surface area (Å²) in [6.45, 7) is 3.72. The van der Waals surface area contributed by atoms with Crippen molar-refractivity contribution < 1.29 is 4.74 Å². The highest BCUT2D eigenvalue weighted by atomic mass is 16.6. The lowest BCUT2D eigenvalue weighted by atomic mass is 9.99. The Morgan fingerprint density at radius 3 is 3.00 bits per heavy atom. The van der Waals surface area contributed by atoms with Crippen molar-refractivity contribution in [2.75, 3.05) is 0 Å². The van der Waals surface area contributed by atoms with Crippen LogP contribution in [0.5, 0.6) is 0 Å². The Labute approximate surface area is 73.4 Å². The molecule has 1 nitrogen and oxygen atoms in total. The van der Waals surface area contributed by atoms with Gasteiger partial charge in [-0.1, -0.05) is 30.4 Å². The third-order valence-electron chi connectivity index (χ3n) is 2.45. The summed E-state index contributed by atoms with van der Waals surface area (Å²) in [5.41, 5.74) is 0. The van der Waals surface area contributed by atoms with Gasteiger partial charge < -0.3 is 4.74 Å². The molecular weight excluding hydrogens is 148 g/mol. The van der Waals surface area contributed by atoms with Crippen molar-refractivity contribution in [3.05, 3.63) is 37.0 Å². The van der Waals surface area contributed by atoms with Crippen molar-refractivity contribution >= 4 is 0 Å². The molecule has 0 aromatic heterocycles. The molecule has 1 aliphatic carbocycles. The number of rotatable bonds is 2. The topological polar surface area (TPSA) is 12.5 Å². The highest BCUT2D eigenvalue weighted by molar-refractivity contribution is 5.11. The molecule has 1 heterocycles. The predicted molar refractivity (Wildman–Crippen MR) is 49.9 cm³/mol.